The van der Waals surface area contributed by atoms with Crippen molar-refractivity contribution in [2.24, 2.45) is 0 Å². The molecular weight excluding hydrogens is 658 g/mol. The third-order valence-electron chi connectivity index (χ3n) is 9.99. The smallest absolute Gasteiger partial charge is 0.220 e. The fourth-order valence-corrected chi connectivity index (χ4v) is 6.50. The van der Waals surface area contributed by atoms with Crippen LogP contribution in [0.3, 0.4) is 0 Å². The van der Waals surface area contributed by atoms with Gasteiger partial charge in [0.15, 0.2) is 6.29 Å². The summed E-state index contributed by atoms with van der Waals surface area (Å²) in [6.07, 6.45) is 33.4. The highest BCUT2D eigenvalue weighted by atomic mass is 16.7. The largest absolute Gasteiger partial charge is 0.394 e. The van der Waals surface area contributed by atoms with Crippen LogP contribution in [0, 0.1) is 0 Å². The molecular formula is C43H79NO8. The lowest BCUT2D eigenvalue weighted by atomic mass is 9.99. The van der Waals surface area contributed by atoms with Gasteiger partial charge in [0.1, 0.15) is 24.4 Å². The zero-order valence-corrected chi connectivity index (χ0v) is 33.1. The van der Waals surface area contributed by atoms with E-state index in [1.54, 1.807) is 12.2 Å². The summed E-state index contributed by atoms with van der Waals surface area (Å²) in [4.78, 5) is 12.9. The lowest BCUT2D eigenvalue weighted by Gasteiger charge is -2.40. The summed E-state index contributed by atoms with van der Waals surface area (Å²) in [7, 11) is 0. The van der Waals surface area contributed by atoms with Gasteiger partial charge < -0.3 is 40.3 Å². The number of hydrogen-bond acceptors (Lipinski definition) is 8. The van der Waals surface area contributed by atoms with Crippen molar-refractivity contribution in [2.45, 2.75) is 217 Å². The van der Waals surface area contributed by atoms with Crippen LogP contribution in [0.5, 0.6) is 0 Å². The van der Waals surface area contributed by atoms with Gasteiger partial charge in [0.2, 0.25) is 5.91 Å². The number of carbonyl (C=O) groups excluding carboxylic acids is 1. The number of ether oxygens (including phenoxy) is 2. The van der Waals surface area contributed by atoms with Gasteiger partial charge in [-0.3, -0.25) is 4.79 Å². The lowest BCUT2D eigenvalue weighted by Crippen LogP contribution is -2.60. The van der Waals surface area contributed by atoms with E-state index in [-0.39, 0.29) is 12.5 Å². The average molecular weight is 738 g/mol. The number of amides is 1. The molecule has 304 valence electrons. The van der Waals surface area contributed by atoms with Crippen LogP contribution in [0.4, 0.5) is 0 Å². The molecule has 0 aromatic rings. The van der Waals surface area contributed by atoms with E-state index >= 15 is 0 Å². The van der Waals surface area contributed by atoms with Gasteiger partial charge in [-0.15, -0.1) is 0 Å². The highest BCUT2D eigenvalue weighted by molar-refractivity contribution is 5.76. The van der Waals surface area contributed by atoms with E-state index in [1.165, 1.54) is 122 Å². The number of nitrogens with one attached hydrogen (secondary N) is 1. The molecule has 6 N–H and O–H groups in total. The highest BCUT2D eigenvalue weighted by Crippen LogP contribution is 2.22. The van der Waals surface area contributed by atoms with E-state index in [1.807, 2.05) is 6.08 Å². The second-order valence-electron chi connectivity index (χ2n) is 14.8. The van der Waals surface area contributed by atoms with E-state index in [9.17, 15) is 30.3 Å². The van der Waals surface area contributed by atoms with Crippen LogP contribution in [0.1, 0.15) is 174 Å². The Bertz CT molecular complexity index is 910. The van der Waals surface area contributed by atoms with Crippen LogP contribution in [0.15, 0.2) is 36.5 Å². The molecule has 0 aromatic carbocycles. The molecule has 0 aliphatic carbocycles. The molecule has 0 bridgehead atoms. The van der Waals surface area contributed by atoms with Gasteiger partial charge in [-0.2, -0.15) is 0 Å². The maximum Gasteiger partial charge on any atom is 0.220 e. The zero-order valence-electron chi connectivity index (χ0n) is 33.1. The van der Waals surface area contributed by atoms with Crippen molar-refractivity contribution in [3.05, 3.63) is 36.5 Å². The fourth-order valence-electron chi connectivity index (χ4n) is 6.50. The summed E-state index contributed by atoms with van der Waals surface area (Å²) < 4.78 is 11.1. The van der Waals surface area contributed by atoms with Crippen LogP contribution in [-0.4, -0.2) is 87.5 Å². The Kier molecular flexibility index (Phi) is 31.6. The molecule has 9 heteroatoms. The summed E-state index contributed by atoms with van der Waals surface area (Å²) in [6.45, 7) is 3.69. The minimum absolute atomic E-state index is 0.200. The number of unbranched alkanes of at least 4 members (excludes halogenated alkanes) is 21. The van der Waals surface area contributed by atoms with Crippen molar-refractivity contribution >= 4 is 5.91 Å². The van der Waals surface area contributed by atoms with Crippen molar-refractivity contribution in [1.29, 1.82) is 0 Å². The van der Waals surface area contributed by atoms with Gasteiger partial charge in [-0.05, 0) is 44.9 Å². The third kappa shape index (κ3) is 24.7. The number of rotatable bonds is 34. The Balaban J connectivity index is 2.36. The van der Waals surface area contributed by atoms with Crippen molar-refractivity contribution < 1.29 is 39.8 Å². The van der Waals surface area contributed by atoms with E-state index < -0.39 is 49.5 Å². The summed E-state index contributed by atoms with van der Waals surface area (Å²) >= 11 is 0. The standard InChI is InChI=1S/C43H79NO8/c1-3-5-7-9-11-13-15-16-17-18-19-20-21-22-23-25-27-29-31-33-39(47)44-36(35-51-43-42(50)41(49)40(48)38(34-45)52-43)37(46)32-30-28-26-24-14-12-10-8-6-4-2/h16-17,26,28,30,32,36-38,40-43,45-46,48-50H,3-15,18-25,27,29,31,33-35H2,1-2H3,(H,44,47)/b17-16+,28-26+,32-30+/t36-,37+,38-,40-,41?,42?,43-/m0/s1. The summed E-state index contributed by atoms with van der Waals surface area (Å²) in [5, 5.41) is 53.9. The quantitative estimate of drug-likeness (QED) is 0.0221. The molecule has 1 aliphatic heterocycles. The third-order valence-corrected chi connectivity index (χ3v) is 9.99. The number of allylic oxidation sites excluding steroid dienone is 5. The van der Waals surface area contributed by atoms with Gasteiger partial charge in [-0.1, -0.05) is 159 Å². The van der Waals surface area contributed by atoms with Crippen molar-refractivity contribution in [3.8, 4) is 0 Å². The van der Waals surface area contributed by atoms with Gasteiger partial charge in [0, 0.05) is 6.42 Å². The molecule has 0 aromatic heterocycles. The molecule has 0 radical (unpaired) electrons. The number of aliphatic hydroxyl groups excluding tert-OH is 5. The van der Waals surface area contributed by atoms with Crippen molar-refractivity contribution in [2.75, 3.05) is 13.2 Å². The number of aliphatic hydroxyl groups is 5. The van der Waals surface area contributed by atoms with E-state index in [2.05, 4.69) is 37.4 Å². The maximum atomic E-state index is 12.9. The molecule has 1 heterocycles. The molecule has 1 amide bonds. The van der Waals surface area contributed by atoms with Crippen molar-refractivity contribution in [3.63, 3.8) is 0 Å². The van der Waals surface area contributed by atoms with Crippen LogP contribution < -0.4 is 5.32 Å². The monoisotopic (exact) mass is 738 g/mol. The minimum Gasteiger partial charge on any atom is -0.394 e. The Morgan fingerprint density at radius 1 is 0.654 bits per heavy atom. The molecule has 0 saturated carbocycles. The van der Waals surface area contributed by atoms with Gasteiger partial charge in [0.05, 0.1) is 25.4 Å². The Morgan fingerprint density at radius 2 is 1.13 bits per heavy atom. The molecule has 52 heavy (non-hydrogen) atoms. The Labute approximate surface area is 317 Å². The van der Waals surface area contributed by atoms with Crippen LogP contribution >= 0.6 is 0 Å². The summed E-state index contributed by atoms with van der Waals surface area (Å²) in [5.41, 5.74) is 0. The molecule has 1 fully saturated rings. The number of carbonyl (C=O) groups is 1. The second-order valence-corrected chi connectivity index (χ2v) is 14.8. The zero-order chi connectivity index (χ0) is 38.1. The van der Waals surface area contributed by atoms with Gasteiger partial charge in [-0.25, -0.2) is 0 Å². The summed E-state index contributed by atoms with van der Waals surface area (Å²) in [6, 6.07) is -0.834. The van der Waals surface area contributed by atoms with Crippen molar-refractivity contribution in [1.82, 2.24) is 5.32 Å². The normalized spacial score (nSPS) is 22.2. The van der Waals surface area contributed by atoms with Crippen LogP contribution in [-0.2, 0) is 14.3 Å². The first kappa shape index (κ1) is 48.4. The molecule has 1 saturated heterocycles. The second kappa shape index (κ2) is 33.9. The van der Waals surface area contributed by atoms with Crippen LogP contribution in [0.25, 0.3) is 0 Å². The molecule has 0 spiro atoms. The molecule has 1 aliphatic rings. The average Bonchev–Trinajstić information content (AvgIpc) is 3.14. The molecule has 1 rings (SSSR count). The van der Waals surface area contributed by atoms with E-state index in [4.69, 9.17) is 9.47 Å². The van der Waals surface area contributed by atoms with Gasteiger partial charge >= 0.3 is 0 Å². The predicted octanol–water partition coefficient (Wildman–Crippen LogP) is 8.11. The molecule has 2 unspecified atom stereocenters. The Morgan fingerprint density at radius 3 is 1.65 bits per heavy atom. The Hall–Kier alpha value is -1.59. The number of hydrogen-bond donors (Lipinski definition) is 6. The first-order valence-electron chi connectivity index (χ1n) is 21.2. The topological polar surface area (TPSA) is 149 Å². The van der Waals surface area contributed by atoms with E-state index in [0.29, 0.717) is 6.42 Å². The summed E-state index contributed by atoms with van der Waals surface area (Å²) in [5.74, 6) is -0.200. The maximum absolute atomic E-state index is 12.9. The minimum atomic E-state index is -1.57. The van der Waals surface area contributed by atoms with Crippen LogP contribution in [0.2, 0.25) is 0 Å². The lowest BCUT2D eigenvalue weighted by molar-refractivity contribution is -0.302. The molecule has 7 atom stereocenters. The van der Waals surface area contributed by atoms with E-state index in [0.717, 1.165) is 32.1 Å². The van der Waals surface area contributed by atoms with Gasteiger partial charge in [0.25, 0.3) is 0 Å². The fraction of sp³-hybridized carbons (Fsp3) is 0.837. The molecule has 9 nitrogen and oxygen atoms in total. The first-order chi connectivity index (χ1) is 25.3. The first-order valence-corrected chi connectivity index (χ1v) is 21.2. The SMILES string of the molecule is CCCCCCCC/C=C/C=C/[C@@H](O)[C@H](CO[C@H]1O[C@@H](CO)[C@H](O)C(O)C1O)NC(=O)CCCCCCCCCCC/C=C/CCCCCCCC. The highest BCUT2D eigenvalue weighted by Gasteiger charge is 2.44. The predicted molar refractivity (Wildman–Crippen MR) is 212 cm³/mol.